The fourth-order valence-corrected chi connectivity index (χ4v) is 0.924. The van der Waals surface area contributed by atoms with Crippen molar-refractivity contribution in [2.75, 3.05) is 52.7 Å². The average molecular weight is 298 g/mol. The quantitative estimate of drug-likeness (QED) is 0.567. The van der Waals surface area contributed by atoms with Gasteiger partial charge in [0, 0.05) is 22.9 Å². The summed E-state index contributed by atoms with van der Waals surface area (Å²) in [5, 5.41) is 2.63. The van der Waals surface area contributed by atoms with Crippen LogP contribution in [0.25, 0.3) is 0 Å². The number of hydrogen-bond acceptors (Lipinski definition) is 5. The topological polar surface area (TPSA) is 82.8 Å². The number of nitrogens with two attached hydrogens (primary N) is 1. The maximum absolute atomic E-state index is 10.5. The minimum absolute atomic E-state index is 0. The normalized spacial score (nSPS) is 8.90. The van der Waals surface area contributed by atoms with Crippen molar-refractivity contribution in [1.29, 1.82) is 0 Å². The predicted octanol–water partition coefficient (Wildman–Crippen LogP) is 1.68. The van der Waals surface area contributed by atoms with Gasteiger partial charge in [-0.15, -0.1) is 0 Å². The zero-order valence-electron chi connectivity index (χ0n) is 13.9. The van der Waals surface area contributed by atoms with E-state index in [2.05, 4.69) is 5.32 Å². The molecular weight excluding hydrogens is 260 g/mol. The molecule has 0 aromatic rings. The van der Waals surface area contributed by atoms with Gasteiger partial charge in [0.15, 0.2) is 0 Å². The first-order valence-corrected chi connectivity index (χ1v) is 7.45. The molecule has 6 heteroatoms. The van der Waals surface area contributed by atoms with Gasteiger partial charge in [0.05, 0.1) is 39.6 Å². The van der Waals surface area contributed by atoms with Gasteiger partial charge in [0.25, 0.3) is 0 Å². The number of ether oxygens (including phenoxy) is 3. The van der Waals surface area contributed by atoms with E-state index in [0.717, 1.165) is 0 Å². The zero-order chi connectivity index (χ0) is 16.1. The van der Waals surface area contributed by atoms with E-state index >= 15 is 0 Å². The molecule has 128 valence electrons. The van der Waals surface area contributed by atoms with Gasteiger partial charge in [0.1, 0.15) is 0 Å². The molecule has 0 saturated heterocycles. The van der Waals surface area contributed by atoms with Crippen LogP contribution in [-0.2, 0) is 19.0 Å². The molecule has 0 aliphatic carbocycles. The highest BCUT2D eigenvalue weighted by Crippen LogP contribution is 1.80. The number of rotatable bonds is 11. The number of hydrogen-bond donors (Lipinski definition) is 2. The van der Waals surface area contributed by atoms with Crippen molar-refractivity contribution in [3.63, 3.8) is 0 Å². The minimum atomic E-state index is -0.0445. The lowest BCUT2D eigenvalue weighted by Crippen LogP contribution is -2.25. The third-order valence-corrected chi connectivity index (χ3v) is 1.63. The third kappa shape index (κ3) is 30.4. The highest BCUT2D eigenvalue weighted by molar-refractivity contribution is 5.72. The molecule has 0 radical (unpaired) electrons. The molecule has 20 heavy (non-hydrogen) atoms. The standard InChI is InChI=1S/C10H22N2O4.2C2H6.2H2/c1-10(13)12-3-5-15-7-9-16-8-6-14-4-2-11;2*1-2;;/h2-9,11H2,1H3,(H,12,13);2*1-2H3;2*1H. The molecule has 6 nitrogen and oxygen atoms in total. The Labute approximate surface area is 127 Å². The van der Waals surface area contributed by atoms with Crippen LogP contribution in [0.1, 0.15) is 37.5 Å². The van der Waals surface area contributed by atoms with Crippen LogP contribution >= 0.6 is 0 Å². The maximum Gasteiger partial charge on any atom is 0.216 e. The van der Waals surface area contributed by atoms with Crippen molar-refractivity contribution in [3.8, 4) is 0 Å². The average Bonchev–Trinajstić information content (AvgIpc) is 2.48. The monoisotopic (exact) mass is 298 g/mol. The highest BCUT2D eigenvalue weighted by Gasteiger charge is 1.92. The number of carbonyl (C=O) groups excluding carboxylic acids is 1. The van der Waals surface area contributed by atoms with Gasteiger partial charge in [-0.05, 0) is 0 Å². The van der Waals surface area contributed by atoms with Crippen molar-refractivity contribution < 1.29 is 21.9 Å². The van der Waals surface area contributed by atoms with Crippen molar-refractivity contribution in [2.24, 2.45) is 5.73 Å². The Hall–Kier alpha value is -0.690. The Morgan fingerprint density at radius 3 is 1.70 bits per heavy atom. The maximum atomic E-state index is 10.5. The van der Waals surface area contributed by atoms with Gasteiger partial charge >= 0.3 is 0 Å². The van der Waals surface area contributed by atoms with Crippen LogP contribution in [0.4, 0.5) is 0 Å². The van der Waals surface area contributed by atoms with E-state index in [1.54, 1.807) is 0 Å². The summed E-state index contributed by atoms with van der Waals surface area (Å²) >= 11 is 0. The van der Waals surface area contributed by atoms with Gasteiger partial charge in [-0.25, -0.2) is 0 Å². The van der Waals surface area contributed by atoms with Gasteiger partial charge in [-0.1, -0.05) is 27.7 Å². The molecule has 0 atom stereocenters. The SMILES string of the molecule is CC.CC.CC(=O)NCCOCCOCCOCCN.[HH].[HH]. The smallest absolute Gasteiger partial charge is 0.216 e. The summed E-state index contributed by atoms with van der Waals surface area (Å²) in [7, 11) is 0. The van der Waals surface area contributed by atoms with Crippen LogP contribution < -0.4 is 11.1 Å². The molecular formula is C14H38N2O4. The Morgan fingerprint density at radius 2 is 1.30 bits per heavy atom. The summed E-state index contributed by atoms with van der Waals surface area (Å²) in [5.74, 6) is -0.0445. The van der Waals surface area contributed by atoms with Crippen LogP contribution in [0.15, 0.2) is 0 Å². The minimum Gasteiger partial charge on any atom is -0.378 e. The molecule has 0 saturated carbocycles. The molecule has 0 rings (SSSR count). The summed E-state index contributed by atoms with van der Waals surface area (Å²) < 4.78 is 15.6. The zero-order valence-corrected chi connectivity index (χ0v) is 13.9. The number of carbonyl (C=O) groups is 1. The molecule has 0 bridgehead atoms. The lowest BCUT2D eigenvalue weighted by Gasteiger charge is -2.06. The van der Waals surface area contributed by atoms with E-state index in [9.17, 15) is 4.79 Å². The first-order valence-electron chi connectivity index (χ1n) is 7.45. The van der Waals surface area contributed by atoms with E-state index < -0.39 is 0 Å². The molecule has 0 fully saturated rings. The van der Waals surface area contributed by atoms with Gasteiger partial charge < -0.3 is 25.3 Å². The largest absolute Gasteiger partial charge is 0.378 e. The Bertz CT molecular complexity index is 179. The molecule has 0 aliphatic heterocycles. The predicted molar refractivity (Wildman–Crippen MR) is 87.1 cm³/mol. The van der Waals surface area contributed by atoms with Crippen LogP contribution in [0.2, 0.25) is 0 Å². The van der Waals surface area contributed by atoms with Gasteiger partial charge in [-0.3, -0.25) is 4.79 Å². The van der Waals surface area contributed by atoms with Crippen LogP contribution in [0.3, 0.4) is 0 Å². The first kappa shape index (κ1) is 24.3. The van der Waals surface area contributed by atoms with Crippen LogP contribution in [0.5, 0.6) is 0 Å². The van der Waals surface area contributed by atoms with Gasteiger partial charge in [0.2, 0.25) is 5.91 Å². The summed E-state index contributed by atoms with van der Waals surface area (Å²) in [5.41, 5.74) is 5.24. The van der Waals surface area contributed by atoms with Crippen LogP contribution in [-0.4, -0.2) is 58.6 Å². The van der Waals surface area contributed by atoms with E-state index in [1.165, 1.54) is 6.92 Å². The van der Waals surface area contributed by atoms with Gasteiger partial charge in [-0.2, -0.15) is 0 Å². The van der Waals surface area contributed by atoms with Crippen molar-refractivity contribution >= 4 is 5.91 Å². The Morgan fingerprint density at radius 1 is 0.900 bits per heavy atom. The fraction of sp³-hybridized carbons (Fsp3) is 0.929. The molecule has 3 N–H and O–H groups in total. The summed E-state index contributed by atoms with van der Waals surface area (Å²) in [6.45, 7) is 13.8. The first-order chi connectivity index (χ1) is 9.77. The van der Waals surface area contributed by atoms with Crippen molar-refractivity contribution in [1.82, 2.24) is 5.32 Å². The summed E-state index contributed by atoms with van der Waals surface area (Å²) in [6, 6.07) is 0. The molecule has 0 spiro atoms. The lowest BCUT2D eigenvalue weighted by molar-refractivity contribution is -0.119. The molecule has 0 aromatic carbocycles. The Kier molecular flexibility index (Phi) is 32.6. The number of amides is 1. The van der Waals surface area contributed by atoms with E-state index in [1.807, 2.05) is 27.7 Å². The molecule has 1 amide bonds. The number of nitrogens with one attached hydrogen (secondary N) is 1. The molecule has 0 heterocycles. The van der Waals surface area contributed by atoms with E-state index in [4.69, 9.17) is 19.9 Å². The van der Waals surface area contributed by atoms with Crippen molar-refractivity contribution in [3.05, 3.63) is 0 Å². The second-order valence-corrected chi connectivity index (χ2v) is 3.11. The second-order valence-electron chi connectivity index (χ2n) is 3.11. The highest BCUT2D eigenvalue weighted by atomic mass is 16.5. The summed E-state index contributed by atoms with van der Waals surface area (Å²) in [4.78, 5) is 10.5. The third-order valence-electron chi connectivity index (χ3n) is 1.63. The van der Waals surface area contributed by atoms with Crippen molar-refractivity contribution in [2.45, 2.75) is 34.6 Å². The lowest BCUT2D eigenvalue weighted by atomic mass is 10.6. The molecule has 0 aliphatic rings. The Balaban J connectivity index is -0.000000147. The summed E-state index contributed by atoms with van der Waals surface area (Å²) in [6.07, 6.45) is 0. The van der Waals surface area contributed by atoms with E-state index in [0.29, 0.717) is 52.7 Å². The molecule has 0 unspecified atom stereocenters. The van der Waals surface area contributed by atoms with Crippen LogP contribution in [0, 0.1) is 0 Å². The fourth-order valence-electron chi connectivity index (χ4n) is 0.924. The second kappa shape index (κ2) is 26.8. The molecule has 0 aromatic heterocycles. The van der Waals surface area contributed by atoms with E-state index in [-0.39, 0.29) is 8.76 Å².